The van der Waals surface area contributed by atoms with Crippen LogP contribution in [0.5, 0.6) is 0 Å². The maximum atomic E-state index is 11.0. The predicted molar refractivity (Wildman–Crippen MR) is 54.5 cm³/mol. The lowest BCUT2D eigenvalue weighted by Crippen LogP contribution is -2.46. The van der Waals surface area contributed by atoms with E-state index in [1.54, 1.807) is 0 Å². The van der Waals surface area contributed by atoms with Gasteiger partial charge in [0.2, 0.25) is 0 Å². The number of sulfone groups is 1. The molecule has 3 nitrogen and oxygen atoms in total. The Kier molecular flexibility index (Phi) is 3.35. The first-order chi connectivity index (χ1) is 5.87. The van der Waals surface area contributed by atoms with Crippen molar-refractivity contribution in [2.75, 3.05) is 12.0 Å². The van der Waals surface area contributed by atoms with Crippen molar-refractivity contribution in [1.82, 2.24) is 5.32 Å². The molecule has 0 radical (unpaired) electrons. The molecule has 13 heavy (non-hydrogen) atoms. The molecule has 0 amide bonds. The van der Waals surface area contributed by atoms with Crippen LogP contribution in [0.1, 0.15) is 26.7 Å². The van der Waals surface area contributed by atoms with Crippen molar-refractivity contribution in [2.45, 2.75) is 38.8 Å². The Morgan fingerprint density at radius 3 is 2.38 bits per heavy atom. The maximum absolute atomic E-state index is 11.0. The Balaban J connectivity index is 2.22. The largest absolute Gasteiger partial charge is 0.310 e. The highest BCUT2D eigenvalue weighted by molar-refractivity contribution is 7.90. The number of rotatable bonds is 4. The van der Waals surface area contributed by atoms with E-state index in [4.69, 9.17) is 0 Å². The van der Waals surface area contributed by atoms with Crippen LogP contribution in [0.25, 0.3) is 0 Å². The van der Waals surface area contributed by atoms with Gasteiger partial charge in [-0.15, -0.1) is 0 Å². The molecule has 1 rings (SSSR count). The van der Waals surface area contributed by atoms with Gasteiger partial charge in [0.1, 0.15) is 9.84 Å². The third kappa shape index (κ3) is 4.09. The van der Waals surface area contributed by atoms with Crippen LogP contribution in [0.15, 0.2) is 0 Å². The lowest BCUT2D eigenvalue weighted by molar-refractivity contribution is 0.230. The molecule has 78 valence electrons. The van der Waals surface area contributed by atoms with Crippen molar-refractivity contribution < 1.29 is 8.42 Å². The van der Waals surface area contributed by atoms with Gasteiger partial charge in [-0.25, -0.2) is 8.42 Å². The fourth-order valence-electron chi connectivity index (χ4n) is 1.94. The summed E-state index contributed by atoms with van der Waals surface area (Å²) in [6, 6.07) is 0.638. The quantitative estimate of drug-likeness (QED) is 0.738. The molecule has 4 heteroatoms. The molecule has 1 unspecified atom stereocenters. The first-order valence-corrected chi connectivity index (χ1v) is 6.86. The van der Waals surface area contributed by atoms with Gasteiger partial charge in [-0.3, -0.25) is 0 Å². The Hall–Kier alpha value is -0.0900. The fourth-order valence-corrected chi connectivity index (χ4v) is 2.95. The second-order valence-corrected chi connectivity index (χ2v) is 6.62. The van der Waals surface area contributed by atoms with Crippen LogP contribution in [0, 0.1) is 5.92 Å². The van der Waals surface area contributed by atoms with Gasteiger partial charge in [0.15, 0.2) is 0 Å². The Morgan fingerprint density at radius 2 is 2.00 bits per heavy atom. The number of hydrogen-bond acceptors (Lipinski definition) is 3. The van der Waals surface area contributed by atoms with Crippen molar-refractivity contribution in [1.29, 1.82) is 0 Å². The zero-order valence-corrected chi connectivity index (χ0v) is 9.39. The minimum atomic E-state index is -2.83. The third-order valence-electron chi connectivity index (χ3n) is 2.45. The minimum absolute atomic E-state index is 0.0903. The normalized spacial score (nSPS) is 31.0. The van der Waals surface area contributed by atoms with E-state index in [0.717, 1.165) is 5.92 Å². The van der Waals surface area contributed by atoms with Gasteiger partial charge in [0, 0.05) is 18.3 Å². The van der Waals surface area contributed by atoms with Crippen LogP contribution < -0.4 is 5.32 Å². The van der Waals surface area contributed by atoms with Gasteiger partial charge >= 0.3 is 0 Å². The van der Waals surface area contributed by atoms with Crippen molar-refractivity contribution in [3.8, 4) is 0 Å². The van der Waals surface area contributed by atoms with Gasteiger partial charge in [0.05, 0.1) is 5.75 Å². The molecular weight excluding hydrogens is 186 g/mol. The molecule has 1 aliphatic carbocycles. The zero-order chi connectivity index (χ0) is 10.1. The molecule has 0 heterocycles. The van der Waals surface area contributed by atoms with Crippen LogP contribution in [0.2, 0.25) is 0 Å². The topological polar surface area (TPSA) is 46.2 Å². The Labute approximate surface area is 80.8 Å². The predicted octanol–water partition coefficient (Wildman–Crippen LogP) is 0.808. The molecule has 1 aliphatic rings. The summed E-state index contributed by atoms with van der Waals surface area (Å²) in [7, 11) is -2.83. The van der Waals surface area contributed by atoms with Crippen LogP contribution in [0.3, 0.4) is 0 Å². The second-order valence-electron chi connectivity index (χ2n) is 4.43. The van der Waals surface area contributed by atoms with E-state index >= 15 is 0 Å². The van der Waals surface area contributed by atoms with Crippen LogP contribution in [-0.4, -0.2) is 32.5 Å². The van der Waals surface area contributed by atoms with Gasteiger partial charge in [-0.05, 0) is 25.7 Å². The van der Waals surface area contributed by atoms with Crippen molar-refractivity contribution in [3.05, 3.63) is 0 Å². The highest BCUT2D eigenvalue weighted by atomic mass is 32.2. The Morgan fingerprint density at radius 1 is 1.46 bits per heavy atom. The molecule has 1 N–H and O–H groups in total. The average molecular weight is 205 g/mol. The Bertz CT molecular complexity index is 255. The molecule has 0 spiro atoms. The summed E-state index contributed by atoms with van der Waals surface area (Å²) in [4.78, 5) is 0. The van der Waals surface area contributed by atoms with Gasteiger partial charge in [-0.2, -0.15) is 0 Å². The van der Waals surface area contributed by atoms with Crippen molar-refractivity contribution in [2.24, 2.45) is 5.92 Å². The van der Waals surface area contributed by atoms with Crippen molar-refractivity contribution in [3.63, 3.8) is 0 Å². The second kappa shape index (κ2) is 3.96. The number of nitrogens with one attached hydrogen (secondary N) is 1. The highest BCUT2D eigenvalue weighted by Gasteiger charge is 2.26. The molecular formula is C9H19NO2S. The third-order valence-corrected chi connectivity index (χ3v) is 3.55. The van der Waals surface area contributed by atoms with Crippen LogP contribution in [-0.2, 0) is 9.84 Å². The van der Waals surface area contributed by atoms with E-state index in [2.05, 4.69) is 12.2 Å². The molecule has 0 aromatic heterocycles. The van der Waals surface area contributed by atoms with Crippen LogP contribution in [0.4, 0.5) is 0 Å². The molecule has 1 fully saturated rings. The summed E-state index contributed by atoms with van der Waals surface area (Å²) >= 11 is 0. The molecule has 1 atom stereocenters. The van der Waals surface area contributed by atoms with Crippen molar-refractivity contribution >= 4 is 9.84 Å². The monoisotopic (exact) mass is 205 g/mol. The standard InChI is InChI=1S/C9H19NO2S/c1-7-4-9(5-7)10-8(2)6-13(3,11)12/h7-10H,4-6H2,1-3H3. The summed E-state index contributed by atoms with van der Waals surface area (Å²) in [6.07, 6.45) is 3.66. The molecule has 0 aromatic carbocycles. The summed E-state index contributed by atoms with van der Waals surface area (Å²) in [5, 5.41) is 3.32. The molecule has 1 saturated carbocycles. The molecule has 0 bridgehead atoms. The lowest BCUT2D eigenvalue weighted by Gasteiger charge is -2.35. The van der Waals surface area contributed by atoms with Gasteiger partial charge < -0.3 is 5.32 Å². The van der Waals surface area contributed by atoms with E-state index in [1.165, 1.54) is 19.1 Å². The summed E-state index contributed by atoms with van der Waals surface area (Å²) in [6.45, 7) is 4.16. The van der Waals surface area contributed by atoms with Crippen LogP contribution >= 0.6 is 0 Å². The van der Waals surface area contributed by atoms with E-state index in [1.807, 2.05) is 6.92 Å². The first-order valence-electron chi connectivity index (χ1n) is 4.80. The summed E-state index contributed by atoms with van der Waals surface area (Å²) in [5.74, 6) is 1.06. The average Bonchev–Trinajstić information content (AvgIpc) is 1.79. The maximum Gasteiger partial charge on any atom is 0.148 e. The SMILES string of the molecule is CC1CC(NC(C)CS(C)(=O)=O)C1. The minimum Gasteiger partial charge on any atom is -0.310 e. The smallest absolute Gasteiger partial charge is 0.148 e. The molecule has 0 saturated heterocycles. The number of hydrogen-bond donors (Lipinski definition) is 1. The zero-order valence-electron chi connectivity index (χ0n) is 8.58. The summed E-state index contributed by atoms with van der Waals surface area (Å²) in [5.41, 5.74) is 0. The van der Waals surface area contributed by atoms with E-state index < -0.39 is 9.84 Å². The molecule has 0 aliphatic heterocycles. The highest BCUT2D eigenvalue weighted by Crippen LogP contribution is 2.26. The van der Waals surface area contributed by atoms with Gasteiger partial charge in [-0.1, -0.05) is 6.92 Å². The molecule has 0 aromatic rings. The van der Waals surface area contributed by atoms with E-state index in [0.29, 0.717) is 6.04 Å². The lowest BCUT2D eigenvalue weighted by atomic mass is 9.81. The summed E-state index contributed by atoms with van der Waals surface area (Å²) < 4.78 is 21.9. The fraction of sp³-hybridized carbons (Fsp3) is 1.00. The van der Waals surface area contributed by atoms with E-state index in [-0.39, 0.29) is 11.8 Å². The first kappa shape index (κ1) is 11.0. The van der Waals surface area contributed by atoms with Gasteiger partial charge in [0.25, 0.3) is 0 Å². The van der Waals surface area contributed by atoms with E-state index in [9.17, 15) is 8.42 Å².